The molecule has 0 radical (unpaired) electrons. The third kappa shape index (κ3) is 3.44. The summed E-state index contributed by atoms with van der Waals surface area (Å²) in [5.74, 6) is -0.445. The molecule has 0 aliphatic heterocycles. The predicted octanol–water partition coefficient (Wildman–Crippen LogP) is 2.51. The molecule has 1 amide bonds. The molecule has 0 aromatic heterocycles. The molecule has 1 atom stereocenters. The Morgan fingerprint density at radius 3 is 2.40 bits per heavy atom. The van der Waals surface area contributed by atoms with E-state index < -0.39 is 15.9 Å². The number of primary sulfonamides is 1. The Morgan fingerprint density at radius 2 is 1.95 bits per heavy atom. The Balaban J connectivity index is 3.42. The highest BCUT2D eigenvalue weighted by Gasteiger charge is 2.26. The standard InChI is InChI=1S/C12H16Cl2N2O3S/c1-4-7(2)16(3)12(17)10-8(13)5-6-9(11(10)14)20(15,18)19/h5-7H,4H2,1-3H3,(H2,15,18,19). The first-order valence-corrected chi connectivity index (χ1v) is 8.19. The van der Waals surface area contributed by atoms with Gasteiger partial charge in [0.25, 0.3) is 5.91 Å². The highest BCUT2D eigenvalue weighted by molar-refractivity contribution is 7.89. The van der Waals surface area contributed by atoms with Crippen molar-refractivity contribution >= 4 is 39.1 Å². The Labute approximate surface area is 128 Å². The molecule has 0 aliphatic carbocycles. The topological polar surface area (TPSA) is 80.5 Å². The fourth-order valence-corrected chi connectivity index (χ4v) is 3.06. The van der Waals surface area contributed by atoms with Crippen LogP contribution >= 0.6 is 23.2 Å². The van der Waals surface area contributed by atoms with Crippen molar-refractivity contribution in [2.24, 2.45) is 5.14 Å². The fourth-order valence-electron chi connectivity index (χ4n) is 1.60. The van der Waals surface area contributed by atoms with E-state index in [1.807, 2.05) is 13.8 Å². The van der Waals surface area contributed by atoms with E-state index in [0.29, 0.717) is 0 Å². The zero-order chi connectivity index (χ0) is 15.7. The summed E-state index contributed by atoms with van der Waals surface area (Å²) < 4.78 is 22.9. The van der Waals surface area contributed by atoms with E-state index >= 15 is 0 Å². The first kappa shape index (κ1) is 17.2. The number of hydrogen-bond acceptors (Lipinski definition) is 3. The molecule has 5 nitrogen and oxygen atoms in total. The van der Waals surface area contributed by atoms with E-state index in [1.165, 1.54) is 17.0 Å². The average Bonchev–Trinajstić information content (AvgIpc) is 2.35. The van der Waals surface area contributed by atoms with Gasteiger partial charge < -0.3 is 4.90 Å². The van der Waals surface area contributed by atoms with E-state index in [-0.39, 0.29) is 26.5 Å². The lowest BCUT2D eigenvalue weighted by Gasteiger charge is -2.25. The van der Waals surface area contributed by atoms with Gasteiger partial charge in [0.1, 0.15) is 4.90 Å². The minimum absolute atomic E-state index is 0.0345. The van der Waals surface area contributed by atoms with Crippen molar-refractivity contribution in [3.05, 3.63) is 27.7 Å². The molecule has 112 valence electrons. The summed E-state index contributed by atoms with van der Waals surface area (Å²) in [6.07, 6.45) is 0.742. The maximum absolute atomic E-state index is 12.4. The van der Waals surface area contributed by atoms with Crippen molar-refractivity contribution in [3.63, 3.8) is 0 Å². The maximum atomic E-state index is 12.4. The molecule has 0 saturated carbocycles. The molecule has 0 aliphatic rings. The van der Waals surface area contributed by atoms with E-state index in [1.54, 1.807) is 7.05 Å². The van der Waals surface area contributed by atoms with Crippen LogP contribution in [-0.2, 0) is 10.0 Å². The van der Waals surface area contributed by atoms with Gasteiger partial charge in [-0.15, -0.1) is 0 Å². The van der Waals surface area contributed by atoms with Gasteiger partial charge in [0.2, 0.25) is 10.0 Å². The largest absolute Gasteiger partial charge is 0.339 e. The molecule has 1 unspecified atom stereocenters. The van der Waals surface area contributed by atoms with Crippen LogP contribution < -0.4 is 5.14 Å². The summed E-state index contributed by atoms with van der Waals surface area (Å²) in [4.78, 5) is 13.5. The molecular formula is C12H16Cl2N2O3S. The second-order valence-electron chi connectivity index (χ2n) is 4.45. The molecule has 8 heteroatoms. The number of nitrogens with two attached hydrogens (primary N) is 1. The molecule has 0 spiro atoms. The molecule has 2 N–H and O–H groups in total. The number of rotatable bonds is 4. The third-order valence-corrected chi connectivity index (χ3v) is 4.92. The zero-order valence-corrected chi connectivity index (χ0v) is 13.7. The van der Waals surface area contributed by atoms with Crippen LogP contribution in [0.4, 0.5) is 0 Å². The van der Waals surface area contributed by atoms with Crippen LogP contribution in [0.1, 0.15) is 30.6 Å². The predicted molar refractivity (Wildman–Crippen MR) is 79.7 cm³/mol. The second-order valence-corrected chi connectivity index (χ2v) is 6.77. The molecule has 0 heterocycles. The van der Waals surface area contributed by atoms with Gasteiger partial charge in [0, 0.05) is 13.1 Å². The lowest BCUT2D eigenvalue weighted by Crippen LogP contribution is -2.35. The number of sulfonamides is 1. The van der Waals surface area contributed by atoms with Crippen LogP contribution in [-0.4, -0.2) is 32.3 Å². The van der Waals surface area contributed by atoms with Crippen molar-refractivity contribution in [3.8, 4) is 0 Å². The zero-order valence-electron chi connectivity index (χ0n) is 11.4. The number of hydrogen-bond donors (Lipinski definition) is 1. The van der Waals surface area contributed by atoms with E-state index in [0.717, 1.165) is 6.42 Å². The van der Waals surface area contributed by atoms with Crippen LogP contribution in [0.5, 0.6) is 0 Å². The highest BCUT2D eigenvalue weighted by atomic mass is 35.5. The lowest BCUT2D eigenvalue weighted by atomic mass is 10.1. The summed E-state index contributed by atoms with van der Waals surface area (Å²) >= 11 is 12.0. The molecule has 0 fully saturated rings. The highest BCUT2D eigenvalue weighted by Crippen LogP contribution is 2.31. The second kappa shape index (κ2) is 6.30. The van der Waals surface area contributed by atoms with Gasteiger partial charge in [-0.2, -0.15) is 0 Å². The summed E-state index contributed by atoms with van der Waals surface area (Å²) in [5.41, 5.74) is -0.0531. The monoisotopic (exact) mass is 338 g/mol. The lowest BCUT2D eigenvalue weighted by molar-refractivity contribution is 0.0740. The van der Waals surface area contributed by atoms with Crippen LogP contribution in [0.2, 0.25) is 10.0 Å². The number of amides is 1. The summed E-state index contributed by atoms with van der Waals surface area (Å²) in [5, 5.41) is 4.89. The number of carbonyl (C=O) groups is 1. The van der Waals surface area contributed by atoms with Gasteiger partial charge in [-0.05, 0) is 25.5 Å². The van der Waals surface area contributed by atoms with Crippen LogP contribution in [0, 0.1) is 0 Å². The van der Waals surface area contributed by atoms with Crippen LogP contribution in [0.15, 0.2) is 17.0 Å². The summed E-state index contributed by atoms with van der Waals surface area (Å²) in [6, 6.07) is 2.44. The van der Waals surface area contributed by atoms with Gasteiger partial charge in [-0.3, -0.25) is 4.79 Å². The SMILES string of the molecule is CCC(C)N(C)C(=O)c1c(Cl)ccc(S(N)(=O)=O)c1Cl. The van der Waals surface area contributed by atoms with E-state index in [4.69, 9.17) is 28.3 Å². The minimum Gasteiger partial charge on any atom is -0.339 e. The first-order valence-electron chi connectivity index (χ1n) is 5.89. The maximum Gasteiger partial charge on any atom is 0.256 e. The van der Waals surface area contributed by atoms with Gasteiger partial charge in [-0.25, -0.2) is 13.6 Å². The van der Waals surface area contributed by atoms with Crippen LogP contribution in [0.25, 0.3) is 0 Å². The minimum atomic E-state index is -4.02. The molecule has 1 aromatic rings. The molecule has 1 aromatic carbocycles. The molecule has 1 rings (SSSR count). The molecule has 20 heavy (non-hydrogen) atoms. The Kier molecular flexibility index (Phi) is 5.43. The van der Waals surface area contributed by atoms with Crippen molar-refractivity contribution in [2.75, 3.05) is 7.05 Å². The molecule has 0 saturated heterocycles. The average molecular weight is 339 g/mol. The van der Waals surface area contributed by atoms with Crippen molar-refractivity contribution in [1.29, 1.82) is 0 Å². The van der Waals surface area contributed by atoms with Crippen molar-refractivity contribution < 1.29 is 13.2 Å². The molecule has 0 bridgehead atoms. The number of benzene rings is 1. The first-order chi connectivity index (χ1) is 9.11. The quantitative estimate of drug-likeness (QED) is 0.915. The number of carbonyl (C=O) groups excluding carboxylic acids is 1. The Bertz CT molecular complexity index is 632. The smallest absolute Gasteiger partial charge is 0.256 e. The van der Waals surface area contributed by atoms with Crippen molar-refractivity contribution in [1.82, 2.24) is 4.90 Å². The number of halogens is 2. The van der Waals surface area contributed by atoms with E-state index in [9.17, 15) is 13.2 Å². The third-order valence-electron chi connectivity index (χ3n) is 3.15. The van der Waals surface area contributed by atoms with Gasteiger partial charge in [0.05, 0.1) is 15.6 Å². The Morgan fingerprint density at radius 1 is 1.40 bits per heavy atom. The number of nitrogens with zero attached hydrogens (tertiary/aromatic N) is 1. The van der Waals surface area contributed by atoms with E-state index in [2.05, 4.69) is 0 Å². The summed E-state index contributed by atoms with van der Waals surface area (Å²) in [7, 11) is -2.42. The van der Waals surface area contributed by atoms with Gasteiger partial charge in [0.15, 0.2) is 0 Å². The fraction of sp³-hybridized carbons (Fsp3) is 0.417. The summed E-state index contributed by atoms with van der Waals surface area (Å²) in [6.45, 7) is 3.79. The van der Waals surface area contributed by atoms with Crippen LogP contribution in [0.3, 0.4) is 0 Å². The normalized spacial score (nSPS) is 13.1. The van der Waals surface area contributed by atoms with Gasteiger partial charge >= 0.3 is 0 Å². The van der Waals surface area contributed by atoms with Crippen molar-refractivity contribution in [2.45, 2.75) is 31.2 Å². The molecular weight excluding hydrogens is 323 g/mol. The van der Waals surface area contributed by atoms with Gasteiger partial charge in [-0.1, -0.05) is 30.1 Å². The Hall–Kier alpha value is -0.820.